The van der Waals surface area contributed by atoms with E-state index >= 15 is 0 Å². The lowest BCUT2D eigenvalue weighted by molar-refractivity contribution is -0.155. The molecule has 0 aromatic heterocycles. The van der Waals surface area contributed by atoms with Gasteiger partial charge in [-0.3, -0.25) is 0 Å². The van der Waals surface area contributed by atoms with Gasteiger partial charge in [0.05, 0.1) is 13.2 Å². The van der Waals surface area contributed by atoms with Crippen LogP contribution >= 0.6 is 0 Å². The first-order chi connectivity index (χ1) is 10.3. The fraction of sp³-hybridized carbons (Fsp3) is 0.467. The van der Waals surface area contributed by atoms with Crippen LogP contribution in [0.15, 0.2) is 24.3 Å². The van der Waals surface area contributed by atoms with Crippen LogP contribution in [0.5, 0.6) is 5.75 Å². The van der Waals surface area contributed by atoms with Gasteiger partial charge < -0.3 is 25.6 Å². The topological polar surface area (TPSA) is 108 Å². The number of urea groups is 1. The Bertz CT molecular complexity index is 516. The number of aliphatic hydroxyl groups is 1. The van der Waals surface area contributed by atoms with E-state index in [0.29, 0.717) is 18.0 Å². The molecule has 2 amide bonds. The third kappa shape index (κ3) is 6.01. The summed E-state index contributed by atoms with van der Waals surface area (Å²) >= 11 is 0. The molecule has 0 aliphatic rings. The number of amides is 2. The van der Waals surface area contributed by atoms with E-state index in [1.165, 1.54) is 0 Å². The summed E-state index contributed by atoms with van der Waals surface area (Å²) in [5, 5.41) is 23.1. The highest BCUT2D eigenvalue weighted by Gasteiger charge is 2.30. The van der Waals surface area contributed by atoms with Crippen LogP contribution in [0, 0.1) is 0 Å². The van der Waals surface area contributed by atoms with Crippen molar-refractivity contribution >= 4 is 17.7 Å². The molecule has 122 valence electrons. The normalized spacial score (nSPS) is 13.0. The second kappa shape index (κ2) is 8.23. The number of anilines is 1. The van der Waals surface area contributed by atoms with Gasteiger partial charge in [-0.1, -0.05) is 19.4 Å². The van der Waals surface area contributed by atoms with E-state index in [0.717, 1.165) is 19.8 Å². The van der Waals surface area contributed by atoms with Crippen LogP contribution in [-0.2, 0) is 4.79 Å². The standard InChI is InChI=1S/C15H22N2O5/c1-3-4-8-22-12-7-5-6-11(9-12)17-14(20)16-10-15(2,21)13(18)19/h5-7,9,21H,3-4,8,10H2,1-2H3,(H,18,19)(H2,16,17,20). The molecule has 22 heavy (non-hydrogen) atoms. The quantitative estimate of drug-likeness (QED) is 0.548. The summed E-state index contributed by atoms with van der Waals surface area (Å²) in [5.41, 5.74) is -1.50. The Morgan fingerprint density at radius 2 is 2.09 bits per heavy atom. The number of rotatable bonds is 8. The second-order valence-electron chi connectivity index (χ2n) is 5.12. The Kier molecular flexibility index (Phi) is 6.65. The highest BCUT2D eigenvalue weighted by Crippen LogP contribution is 2.17. The number of hydrogen-bond acceptors (Lipinski definition) is 4. The number of hydrogen-bond donors (Lipinski definition) is 4. The number of benzene rings is 1. The molecule has 7 nitrogen and oxygen atoms in total. The molecule has 1 atom stereocenters. The molecule has 4 N–H and O–H groups in total. The zero-order valence-electron chi connectivity index (χ0n) is 12.8. The van der Waals surface area contributed by atoms with E-state index < -0.39 is 24.1 Å². The molecule has 0 aliphatic carbocycles. The van der Waals surface area contributed by atoms with E-state index in [4.69, 9.17) is 9.84 Å². The Morgan fingerprint density at radius 3 is 2.73 bits per heavy atom. The van der Waals surface area contributed by atoms with Crippen LogP contribution in [-0.4, -0.2) is 41.0 Å². The van der Waals surface area contributed by atoms with Crippen molar-refractivity contribution in [3.05, 3.63) is 24.3 Å². The van der Waals surface area contributed by atoms with Crippen LogP contribution in [0.4, 0.5) is 10.5 Å². The summed E-state index contributed by atoms with van der Waals surface area (Å²) in [5.74, 6) is -0.761. The first kappa shape index (κ1) is 17.8. The third-order valence-electron chi connectivity index (χ3n) is 2.91. The molecule has 0 aliphatic heterocycles. The SMILES string of the molecule is CCCCOc1cccc(NC(=O)NCC(C)(O)C(=O)O)c1. The average molecular weight is 310 g/mol. The van der Waals surface area contributed by atoms with Crippen molar-refractivity contribution in [3.8, 4) is 5.75 Å². The molecule has 1 unspecified atom stereocenters. The van der Waals surface area contributed by atoms with Gasteiger partial charge in [-0.15, -0.1) is 0 Å². The van der Waals surface area contributed by atoms with Gasteiger partial charge in [0.1, 0.15) is 5.75 Å². The molecule has 7 heteroatoms. The summed E-state index contributed by atoms with van der Waals surface area (Å²) in [7, 11) is 0. The Hall–Kier alpha value is -2.28. The van der Waals surface area contributed by atoms with Gasteiger partial charge in [0, 0.05) is 11.8 Å². The van der Waals surface area contributed by atoms with E-state index in [2.05, 4.69) is 17.6 Å². The summed E-state index contributed by atoms with van der Waals surface area (Å²) in [6.45, 7) is 3.38. The van der Waals surface area contributed by atoms with Gasteiger partial charge in [0.25, 0.3) is 0 Å². The molecular weight excluding hydrogens is 288 g/mol. The molecule has 0 bridgehead atoms. The van der Waals surface area contributed by atoms with E-state index in [1.54, 1.807) is 24.3 Å². The van der Waals surface area contributed by atoms with Gasteiger partial charge in [-0.25, -0.2) is 9.59 Å². The van der Waals surface area contributed by atoms with Crippen LogP contribution in [0.1, 0.15) is 26.7 Å². The minimum Gasteiger partial charge on any atom is -0.494 e. The fourth-order valence-corrected chi connectivity index (χ4v) is 1.50. The van der Waals surface area contributed by atoms with E-state index in [1.807, 2.05) is 0 Å². The van der Waals surface area contributed by atoms with Gasteiger partial charge in [-0.05, 0) is 25.5 Å². The molecule has 1 aromatic rings. The maximum absolute atomic E-state index is 11.7. The number of carbonyl (C=O) groups is 2. The first-order valence-corrected chi connectivity index (χ1v) is 7.08. The minimum absolute atomic E-state index is 0.402. The summed E-state index contributed by atoms with van der Waals surface area (Å²) in [4.78, 5) is 22.4. The highest BCUT2D eigenvalue weighted by molar-refractivity contribution is 5.90. The van der Waals surface area contributed by atoms with Crippen LogP contribution < -0.4 is 15.4 Å². The second-order valence-corrected chi connectivity index (χ2v) is 5.12. The summed E-state index contributed by atoms with van der Waals surface area (Å²) in [6.07, 6.45) is 1.98. The third-order valence-corrected chi connectivity index (χ3v) is 2.91. The number of carboxylic acid groups (broad SMARTS) is 1. The molecule has 1 rings (SSSR count). The molecule has 0 saturated carbocycles. The molecule has 1 aromatic carbocycles. The van der Waals surface area contributed by atoms with Crippen LogP contribution in [0.25, 0.3) is 0 Å². The van der Waals surface area contributed by atoms with Crippen LogP contribution in [0.2, 0.25) is 0 Å². The predicted molar refractivity (Wildman–Crippen MR) is 82.1 cm³/mol. The van der Waals surface area contributed by atoms with Crippen molar-refractivity contribution < 1.29 is 24.5 Å². The number of aliphatic carboxylic acids is 1. The van der Waals surface area contributed by atoms with Crippen molar-refractivity contribution in [1.82, 2.24) is 5.32 Å². The van der Waals surface area contributed by atoms with Gasteiger partial charge in [0.15, 0.2) is 5.60 Å². The molecule has 0 radical (unpaired) electrons. The van der Waals surface area contributed by atoms with Crippen molar-refractivity contribution in [2.24, 2.45) is 0 Å². The zero-order valence-corrected chi connectivity index (χ0v) is 12.8. The lowest BCUT2D eigenvalue weighted by Crippen LogP contribution is -2.47. The Morgan fingerprint density at radius 1 is 1.36 bits per heavy atom. The highest BCUT2D eigenvalue weighted by atomic mass is 16.5. The lowest BCUT2D eigenvalue weighted by Gasteiger charge is -2.18. The number of nitrogens with one attached hydrogen (secondary N) is 2. The number of carboxylic acids is 1. The van der Waals surface area contributed by atoms with Gasteiger partial charge >= 0.3 is 12.0 Å². The smallest absolute Gasteiger partial charge is 0.337 e. The van der Waals surface area contributed by atoms with Crippen molar-refractivity contribution in [2.45, 2.75) is 32.3 Å². The molecular formula is C15H22N2O5. The Balaban J connectivity index is 2.50. The summed E-state index contributed by atoms with van der Waals surface area (Å²) in [6, 6.07) is 6.27. The monoisotopic (exact) mass is 310 g/mol. The maximum Gasteiger partial charge on any atom is 0.337 e. The number of unbranched alkanes of at least 4 members (excludes halogenated alkanes) is 1. The molecule has 0 saturated heterocycles. The van der Waals surface area contributed by atoms with Crippen molar-refractivity contribution in [3.63, 3.8) is 0 Å². The van der Waals surface area contributed by atoms with Crippen molar-refractivity contribution in [2.75, 3.05) is 18.5 Å². The van der Waals surface area contributed by atoms with Crippen molar-refractivity contribution in [1.29, 1.82) is 0 Å². The Labute approximate surface area is 129 Å². The van der Waals surface area contributed by atoms with E-state index in [9.17, 15) is 14.7 Å². The molecule has 0 fully saturated rings. The van der Waals surface area contributed by atoms with E-state index in [-0.39, 0.29) is 0 Å². The predicted octanol–water partition coefficient (Wildman–Crippen LogP) is 1.82. The first-order valence-electron chi connectivity index (χ1n) is 7.08. The maximum atomic E-state index is 11.7. The van der Waals surface area contributed by atoms with Crippen LogP contribution in [0.3, 0.4) is 0 Å². The minimum atomic E-state index is -2.01. The summed E-state index contributed by atoms with van der Waals surface area (Å²) < 4.78 is 5.52. The number of ether oxygens (including phenoxy) is 1. The van der Waals surface area contributed by atoms with Gasteiger partial charge in [0.2, 0.25) is 0 Å². The average Bonchev–Trinajstić information content (AvgIpc) is 2.46. The molecule has 0 heterocycles. The number of carbonyl (C=O) groups excluding carboxylic acids is 1. The fourth-order valence-electron chi connectivity index (χ4n) is 1.50. The lowest BCUT2D eigenvalue weighted by atomic mass is 10.1. The largest absolute Gasteiger partial charge is 0.494 e. The van der Waals surface area contributed by atoms with Gasteiger partial charge in [-0.2, -0.15) is 0 Å². The zero-order chi connectivity index (χ0) is 16.6. The molecule has 0 spiro atoms.